The van der Waals surface area contributed by atoms with Crippen molar-refractivity contribution in [3.05, 3.63) is 23.3 Å². The molecule has 0 N–H and O–H groups in total. The third-order valence-electron chi connectivity index (χ3n) is 2.63. The molecule has 0 bridgehead atoms. The molecule has 2 aromatic heterocycles. The summed E-state index contributed by atoms with van der Waals surface area (Å²) in [6.07, 6.45) is 3.43. The molecular formula is C13H16N2O2S. The van der Waals surface area contributed by atoms with Gasteiger partial charge in [-0.25, -0.2) is 9.97 Å². The minimum absolute atomic E-state index is 0.182. The highest BCUT2D eigenvalue weighted by molar-refractivity contribution is 7.18. The Morgan fingerprint density at radius 1 is 1.50 bits per heavy atom. The Kier molecular flexibility index (Phi) is 4.25. The molecule has 0 fully saturated rings. The zero-order valence-corrected chi connectivity index (χ0v) is 11.4. The first-order chi connectivity index (χ1) is 8.76. The quantitative estimate of drug-likeness (QED) is 0.778. The van der Waals surface area contributed by atoms with Crippen LogP contribution >= 0.6 is 11.3 Å². The van der Waals surface area contributed by atoms with Gasteiger partial charge in [-0.2, -0.15) is 0 Å². The van der Waals surface area contributed by atoms with E-state index in [9.17, 15) is 4.79 Å². The molecule has 4 nitrogen and oxygen atoms in total. The van der Waals surface area contributed by atoms with E-state index in [0.717, 1.165) is 28.2 Å². The Hall–Kier alpha value is -1.49. The van der Waals surface area contributed by atoms with Gasteiger partial charge in [0.1, 0.15) is 21.3 Å². The molecule has 0 aliphatic rings. The lowest BCUT2D eigenvalue weighted by atomic mass is 10.1. The van der Waals surface area contributed by atoms with Crippen molar-refractivity contribution in [2.75, 3.05) is 6.61 Å². The molecule has 0 amide bonds. The van der Waals surface area contributed by atoms with E-state index < -0.39 is 0 Å². The van der Waals surface area contributed by atoms with E-state index in [2.05, 4.69) is 16.9 Å². The van der Waals surface area contributed by atoms with Gasteiger partial charge in [-0.15, -0.1) is 0 Å². The molecule has 2 aromatic rings. The van der Waals surface area contributed by atoms with Crippen LogP contribution in [0.5, 0.6) is 0 Å². The van der Waals surface area contributed by atoms with E-state index in [0.29, 0.717) is 6.61 Å². The second-order valence-corrected chi connectivity index (χ2v) is 4.98. The molecule has 0 spiro atoms. The number of pyridine rings is 1. The van der Waals surface area contributed by atoms with Gasteiger partial charge in [-0.3, -0.25) is 4.79 Å². The molecule has 1 unspecified atom stereocenters. The minimum atomic E-state index is -0.255. The fraction of sp³-hybridized carbons (Fsp3) is 0.462. The van der Waals surface area contributed by atoms with Crippen LogP contribution in [0.1, 0.15) is 37.6 Å². The Bertz CT molecular complexity index is 506. The zero-order valence-electron chi connectivity index (χ0n) is 10.5. The summed E-state index contributed by atoms with van der Waals surface area (Å²) in [5.74, 6) is -0.437. The van der Waals surface area contributed by atoms with Crippen LogP contribution in [0.3, 0.4) is 0 Å². The first-order valence-electron chi connectivity index (χ1n) is 6.14. The Labute approximate surface area is 110 Å². The van der Waals surface area contributed by atoms with Crippen LogP contribution in [-0.4, -0.2) is 22.5 Å². The fourth-order valence-electron chi connectivity index (χ4n) is 1.81. The standard InChI is InChI=1S/C13H16N2O2S/c1-3-6-9(13(16)17-4-2)11-15-10-7-5-8-14-12(10)18-11/h5,7-9H,3-4,6H2,1-2H3. The number of hydrogen-bond donors (Lipinski definition) is 0. The summed E-state index contributed by atoms with van der Waals surface area (Å²) in [6, 6.07) is 3.77. The number of ether oxygens (including phenoxy) is 1. The number of hydrogen-bond acceptors (Lipinski definition) is 5. The first-order valence-corrected chi connectivity index (χ1v) is 6.96. The molecule has 1 atom stereocenters. The number of nitrogens with zero attached hydrogens (tertiary/aromatic N) is 2. The lowest BCUT2D eigenvalue weighted by Gasteiger charge is -2.11. The van der Waals surface area contributed by atoms with Crippen molar-refractivity contribution in [1.82, 2.24) is 9.97 Å². The molecule has 0 saturated carbocycles. The topological polar surface area (TPSA) is 52.1 Å². The van der Waals surface area contributed by atoms with E-state index >= 15 is 0 Å². The van der Waals surface area contributed by atoms with Crippen molar-refractivity contribution in [3.63, 3.8) is 0 Å². The molecular weight excluding hydrogens is 248 g/mol. The Balaban J connectivity index is 2.32. The molecule has 2 rings (SSSR count). The molecule has 0 aliphatic carbocycles. The number of aromatic nitrogens is 2. The third kappa shape index (κ3) is 2.67. The summed E-state index contributed by atoms with van der Waals surface area (Å²) in [5, 5.41) is 0.809. The van der Waals surface area contributed by atoms with Crippen molar-refractivity contribution in [1.29, 1.82) is 0 Å². The van der Waals surface area contributed by atoms with Gasteiger partial charge in [0.2, 0.25) is 0 Å². The van der Waals surface area contributed by atoms with Crippen molar-refractivity contribution in [2.24, 2.45) is 0 Å². The van der Waals surface area contributed by atoms with Gasteiger partial charge >= 0.3 is 5.97 Å². The van der Waals surface area contributed by atoms with Gasteiger partial charge in [-0.05, 0) is 25.5 Å². The van der Waals surface area contributed by atoms with Crippen LogP contribution < -0.4 is 0 Å². The Morgan fingerprint density at radius 2 is 2.33 bits per heavy atom. The van der Waals surface area contributed by atoms with Crippen LogP contribution in [0.25, 0.3) is 10.3 Å². The highest BCUT2D eigenvalue weighted by atomic mass is 32.1. The van der Waals surface area contributed by atoms with Crippen molar-refractivity contribution in [2.45, 2.75) is 32.6 Å². The summed E-state index contributed by atoms with van der Waals surface area (Å²) in [4.78, 5) is 21.6. The smallest absolute Gasteiger partial charge is 0.315 e. The largest absolute Gasteiger partial charge is 0.465 e. The average molecular weight is 264 g/mol. The first kappa shape index (κ1) is 13.0. The van der Waals surface area contributed by atoms with Crippen LogP contribution in [0.4, 0.5) is 0 Å². The van der Waals surface area contributed by atoms with Gasteiger partial charge in [0.15, 0.2) is 0 Å². The van der Waals surface area contributed by atoms with Crippen LogP contribution in [0.2, 0.25) is 0 Å². The fourth-order valence-corrected chi connectivity index (χ4v) is 2.84. The van der Waals surface area contributed by atoms with Crippen LogP contribution in [0, 0.1) is 0 Å². The zero-order chi connectivity index (χ0) is 13.0. The van der Waals surface area contributed by atoms with E-state index in [1.54, 1.807) is 6.20 Å². The van der Waals surface area contributed by atoms with Gasteiger partial charge in [0.25, 0.3) is 0 Å². The number of carbonyl (C=O) groups is 1. The maximum absolute atomic E-state index is 11.9. The SMILES string of the molecule is CCCC(C(=O)OCC)c1nc2cccnc2s1. The second kappa shape index (κ2) is 5.91. The van der Waals surface area contributed by atoms with Crippen molar-refractivity contribution in [3.8, 4) is 0 Å². The van der Waals surface area contributed by atoms with E-state index in [1.807, 2.05) is 19.1 Å². The number of carbonyl (C=O) groups excluding carboxylic acids is 1. The van der Waals surface area contributed by atoms with Crippen LogP contribution in [0.15, 0.2) is 18.3 Å². The predicted molar refractivity (Wildman–Crippen MR) is 71.7 cm³/mol. The van der Waals surface area contributed by atoms with Crippen molar-refractivity contribution >= 4 is 27.7 Å². The van der Waals surface area contributed by atoms with E-state index in [4.69, 9.17) is 4.74 Å². The highest BCUT2D eigenvalue weighted by Gasteiger charge is 2.24. The van der Waals surface area contributed by atoms with Gasteiger partial charge < -0.3 is 4.74 Å². The lowest BCUT2D eigenvalue weighted by Crippen LogP contribution is -2.15. The highest BCUT2D eigenvalue weighted by Crippen LogP contribution is 2.29. The summed E-state index contributed by atoms with van der Waals surface area (Å²) < 4.78 is 5.11. The summed E-state index contributed by atoms with van der Waals surface area (Å²) >= 11 is 1.48. The number of rotatable bonds is 5. The molecule has 0 aromatic carbocycles. The third-order valence-corrected chi connectivity index (χ3v) is 3.72. The number of esters is 1. The molecule has 18 heavy (non-hydrogen) atoms. The normalized spacial score (nSPS) is 12.6. The molecule has 5 heteroatoms. The monoisotopic (exact) mass is 264 g/mol. The van der Waals surface area contributed by atoms with E-state index in [-0.39, 0.29) is 11.9 Å². The minimum Gasteiger partial charge on any atom is -0.465 e. The summed E-state index contributed by atoms with van der Waals surface area (Å²) in [7, 11) is 0. The Morgan fingerprint density at radius 3 is 3.00 bits per heavy atom. The van der Waals surface area contributed by atoms with Crippen molar-refractivity contribution < 1.29 is 9.53 Å². The maximum Gasteiger partial charge on any atom is 0.315 e. The molecule has 2 heterocycles. The predicted octanol–water partition coefficient (Wildman–Crippen LogP) is 3.14. The molecule has 0 aliphatic heterocycles. The second-order valence-electron chi connectivity index (χ2n) is 3.97. The lowest BCUT2D eigenvalue weighted by molar-refractivity contribution is -0.145. The summed E-state index contributed by atoms with van der Waals surface area (Å²) in [5.41, 5.74) is 0.850. The molecule has 0 saturated heterocycles. The van der Waals surface area contributed by atoms with Gasteiger partial charge in [-0.1, -0.05) is 24.7 Å². The summed E-state index contributed by atoms with van der Waals surface area (Å²) in [6.45, 7) is 4.28. The average Bonchev–Trinajstić information content (AvgIpc) is 2.79. The van der Waals surface area contributed by atoms with Gasteiger partial charge in [0.05, 0.1) is 6.61 Å². The maximum atomic E-state index is 11.9. The van der Waals surface area contributed by atoms with Gasteiger partial charge in [0, 0.05) is 6.20 Å². The number of fused-ring (bicyclic) bond motifs is 1. The molecule has 96 valence electrons. The van der Waals surface area contributed by atoms with E-state index in [1.165, 1.54) is 11.3 Å². The molecule has 0 radical (unpaired) electrons. The number of thiazole rings is 1. The van der Waals surface area contributed by atoms with Crippen LogP contribution in [-0.2, 0) is 9.53 Å².